The Kier molecular flexibility index (Phi) is 9.82. The number of carbonyl (C=O) groups is 1. The summed E-state index contributed by atoms with van der Waals surface area (Å²) in [5, 5.41) is 15.4. The second-order valence-electron chi connectivity index (χ2n) is 3.86. The second kappa shape index (κ2) is 10.2. The van der Waals surface area contributed by atoms with Crippen molar-refractivity contribution in [2.24, 2.45) is 0 Å². The molecule has 0 spiro atoms. The first kappa shape index (κ1) is 17.3. The quantitative estimate of drug-likeness (QED) is 0.721. The Morgan fingerprint density at radius 3 is 2.78 bits per heavy atom. The van der Waals surface area contributed by atoms with Gasteiger partial charge in [-0.2, -0.15) is 0 Å². The number of aromatic nitrogens is 2. The summed E-state index contributed by atoms with van der Waals surface area (Å²) in [6.45, 7) is 3.00. The summed E-state index contributed by atoms with van der Waals surface area (Å²) in [6, 6.07) is 0. The lowest BCUT2D eigenvalue weighted by atomic mass is 10.3. The number of anilines is 1. The predicted octanol–water partition coefficient (Wildman–Crippen LogP) is 2.24. The van der Waals surface area contributed by atoms with Gasteiger partial charge in [-0.3, -0.25) is 4.79 Å². The highest BCUT2D eigenvalue weighted by Crippen LogP contribution is 2.17. The van der Waals surface area contributed by atoms with Crippen molar-refractivity contribution in [3.05, 3.63) is 5.01 Å². The van der Waals surface area contributed by atoms with E-state index in [1.54, 1.807) is 0 Å². The van der Waals surface area contributed by atoms with Gasteiger partial charge in [0.25, 0.3) is 0 Å². The van der Waals surface area contributed by atoms with Gasteiger partial charge in [0.15, 0.2) is 0 Å². The number of unbranched alkanes of at least 4 members (excludes halogenated alkanes) is 1. The van der Waals surface area contributed by atoms with Gasteiger partial charge >= 0.3 is 0 Å². The van der Waals surface area contributed by atoms with E-state index in [1.165, 1.54) is 11.3 Å². The maximum Gasteiger partial charge on any atom is 0.226 e. The Bertz CT molecular complexity index is 346. The fourth-order valence-electron chi connectivity index (χ4n) is 1.34. The molecule has 0 aromatic carbocycles. The monoisotopic (exact) mass is 292 g/mol. The van der Waals surface area contributed by atoms with Gasteiger partial charge in [-0.25, -0.2) is 0 Å². The number of nitrogens with one attached hydrogen (secondary N) is 2. The van der Waals surface area contributed by atoms with Gasteiger partial charge in [-0.15, -0.1) is 22.6 Å². The van der Waals surface area contributed by atoms with E-state index >= 15 is 0 Å². The SMILES string of the molecule is CCCCc1nnc(NC(=O)CCCNC)s1.Cl. The van der Waals surface area contributed by atoms with E-state index in [4.69, 9.17) is 0 Å². The number of rotatable bonds is 8. The third-order valence-corrected chi connectivity index (χ3v) is 3.19. The topological polar surface area (TPSA) is 66.9 Å². The maximum absolute atomic E-state index is 11.5. The molecule has 0 atom stereocenters. The van der Waals surface area contributed by atoms with Crippen LogP contribution in [0.4, 0.5) is 5.13 Å². The number of hydrogen-bond acceptors (Lipinski definition) is 5. The largest absolute Gasteiger partial charge is 0.320 e. The van der Waals surface area contributed by atoms with Crippen molar-refractivity contribution in [2.45, 2.75) is 39.0 Å². The third kappa shape index (κ3) is 6.88. The van der Waals surface area contributed by atoms with Gasteiger partial charge in [-0.05, 0) is 26.4 Å². The van der Waals surface area contributed by atoms with Crippen LogP contribution in [0.3, 0.4) is 0 Å². The van der Waals surface area contributed by atoms with Crippen molar-refractivity contribution in [1.29, 1.82) is 0 Å². The minimum atomic E-state index is 0. The predicted molar refractivity (Wildman–Crippen MR) is 77.6 cm³/mol. The average molecular weight is 293 g/mol. The Morgan fingerprint density at radius 2 is 2.11 bits per heavy atom. The van der Waals surface area contributed by atoms with Crippen molar-refractivity contribution in [2.75, 3.05) is 18.9 Å². The van der Waals surface area contributed by atoms with Crippen LogP contribution in [0.2, 0.25) is 0 Å². The first-order valence-electron chi connectivity index (χ1n) is 6.03. The molecule has 0 bridgehead atoms. The molecule has 1 aromatic rings. The van der Waals surface area contributed by atoms with Crippen LogP contribution in [-0.2, 0) is 11.2 Å². The summed E-state index contributed by atoms with van der Waals surface area (Å²) in [5.41, 5.74) is 0. The van der Waals surface area contributed by atoms with E-state index in [1.807, 2.05) is 7.05 Å². The van der Waals surface area contributed by atoms with Crippen molar-refractivity contribution >= 4 is 34.8 Å². The Labute approximate surface area is 118 Å². The van der Waals surface area contributed by atoms with Crippen LogP contribution in [0.25, 0.3) is 0 Å². The van der Waals surface area contributed by atoms with Crippen LogP contribution in [0.5, 0.6) is 0 Å². The summed E-state index contributed by atoms with van der Waals surface area (Å²) >= 11 is 1.47. The third-order valence-electron chi connectivity index (χ3n) is 2.29. The van der Waals surface area contributed by atoms with E-state index in [0.717, 1.165) is 37.2 Å². The standard InChI is InChI=1S/C11H20N4OS.ClH/c1-3-4-7-10-14-15-11(17-10)13-9(16)6-5-8-12-2;/h12H,3-8H2,1-2H3,(H,13,15,16);1H. The Hall–Kier alpha value is -0.720. The van der Waals surface area contributed by atoms with Crippen LogP contribution < -0.4 is 10.6 Å². The number of nitrogens with zero attached hydrogens (tertiary/aromatic N) is 2. The first-order valence-corrected chi connectivity index (χ1v) is 6.84. The lowest BCUT2D eigenvalue weighted by Gasteiger charge is -2.00. The normalized spacial score (nSPS) is 9.89. The van der Waals surface area contributed by atoms with E-state index in [0.29, 0.717) is 11.6 Å². The molecule has 0 fully saturated rings. The minimum Gasteiger partial charge on any atom is -0.320 e. The summed E-state index contributed by atoms with van der Waals surface area (Å²) < 4.78 is 0. The summed E-state index contributed by atoms with van der Waals surface area (Å²) in [5.74, 6) is 0.0124. The Morgan fingerprint density at radius 1 is 1.33 bits per heavy atom. The molecule has 0 aliphatic heterocycles. The van der Waals surface area contributed by atoms with Gasteiger partial charge < -0.3 is 10.6 Å². The van der Waals surface area contributed by atoms with Gasteiger partial charge in [0, 0.05) is 12.8 Å². The molecule has 0 saturated heterocycles. The zero-order valence-corrected chi connectivity index (χ0v) is 12.5. The van der Waals surface area contributed by atoms with Crippen molar-refractivity contribution < 1.29 is 4.79 Å². The molecule has 1 amide bonds. The van der Waals surface area contributed by atoms with E-state index in [2.05, 4.69) is 27.8 Å². The lowest BCUT2D eigenvalue weighted by molar-refractivity contribution is -0.116. The highest BCUT2D eigenvalue weighted by molar-refractivity contribution is 7.15. The zero-order chi connectivity index (χ0) is 12.5. The molecule has 0 radical (unpaired) electrons. The molecule has 0 aliphatic carbocycles. The van der Waals surface area contributed by atoms with Crippen LogP contribution >= 0.6 is 23.7 Å². The van der Waals surface area contributed by atoms with Crippen LogP contribution in [0, 0.1) is 0 Å². The number of carbonyl (C=O) groups excluding carboxylic acids is 1. The molecule has 1 rings (SSSR count). The molecule has 0 saturated carbocycles. The molecular weight excluding hydrogens is 272 g/mol. The molecule has 0 unspecified atom stereocenters. The molecule has 5 nitrogen and oxygen atoms in total. The number of amides is 1. The van der Waals surface area contributed by atoms with E-state index < -0.39 is 0 Å². The molecule has 2 N–H and O–H groups in total. The molecule has 7 heteroatoms. The lowest BCUT2D eigenvalue weighted by Crippen LogP contribution is -2.15. The molecule has 1 heterocycles. The molecule has 1 aromatic heterocycles. The molecular formula is C11H21ClN4OS. The van der Waals surface area contributed by atoms with Gasteiger partial charge in [0.2, 0.25) is 11.0 Å². The summed E-state index contributed by atoms with van der Waals surface area (Å²) in [6.07, 6.45) is 4.56. The first-order chi connectivity index (χ1) is 8.26. The second-order valence-corrected chi connectivity index (χ2v) is 4.92. The van der Waals surface area contributed by atoms with Crippen LogP contribution in [0.15, 0.2) is 0 Å². The number of hydrogen-bond donors (Lipinski definition) is 2. The number of aryl methyl sites for hydroxylation is 1. The molecule has 18 heavy (non-hydrogen) atoms. The van der Waals surface area contributed by atoms with Gasteiger partial charge in [-0.1, -0.05) is 24.7 Å². The number of halogens is 1. The highest BCUT2D eigenvalue weighted by atomic mass is 35.5. The highest BCUT2D eigenvalue weighted by Gasteiger charge is 2.07. The minimum absolute atomic E-state index is 0. The average Bonchev–Trinajstić information content (AvgIpc) is 2.74. The van der Waals surface area contributed by atoms with Crippen molar-refractivity contribution in [3.8, 4) is 0 Å². The van der Waals surface area contributed by atoms with Gasteiger partial charge in [0.05, 0.1) is 0 Å². The summed E-state index contributed by atoms with van der Waals surface area (Å²) in [7, 11) is 1.88. The van der Waals surface area contributed by atoms with Crippen LogP contribution in [-0.4, -0.2) is 29.7 Å². The van der Waals surface area contributed by atoms with Crippen molar-refractivity contribution in [1.82, 2.24) is 15.5 Å². The van der Waals surface area contributed by atoms with E-state index in [-0.39, 0.29) is 18.3 Å². The van der Waals surface area contributed by atoms with E-state index in [9.17, 15) is 4.79 Å². The zero-order valence-electron chi connectivity index (χ0n) is 10.9. The van der Waals surface area contributed by atoms with Gasteiger partial charge in [0.1, 0.15) is 5.01 Å². The van der Waals surface area contributed by atoms with Crippen LogP contribution in [0.1, 0.15) is 37.6 Å². The fourth-order valence-corrected chi connectivity index (χ4v) is 2.14. The molecule has 104 valence electrons. The Balaban J connectivity index is 0.00000289. The summed E-state index contributed by atoms with van der Waals surface area (Å²) in [4.78, 5) is 11.5. The van der Waals surface area contributed by atoms with Crippen molar-refractivity contribution in [3.63, 3.8) is 0 Å². The smallest absolute Gasteiger partial charge is 0.226 e. The molecule has 0 aliphatic rings. The maximum atomic E-state index is 11.5. The fraction of sp³-hybridized carbons (Fsp3) is 0.727.